The molecule has 0 radical (unpaired) electrons. The number of aromatic nitrogens is 1. The van der Waals surface area contributed by atoms with Gasteiger partial charge in [-0.05, 0) is 108 Å². The first-order valence-corrected chi connectivity index (χ1v) is 26.3. The van der Waals surface area contributed by atoms with Crippen molar-refractivity contribution in [2.45, 2.75) is 94.9 Å². The number of piperidine rings is 1. The maximum absolute atomic E-state index is 14.0. The minimum Gasteiger partial charge on any atom is -0.487 e. The van der Waals surface area contributed by atoms with E-state index in [4.69, 9.17) is 43.6 Å². The number of carbonyl (C=O) groups excluding carboxylic acids is 3. The number of pyridine rings is 1. The van der Waals surface area contributed by atoms with Gasteiger partial charge >= 0.3 is 12.1 Å². The topological polar surface area (TPSA) is 207 Å². The molecule has 71 heavy (non-hydrogen) atoms. The van der Waals surface area contributed by atoms with Crippen LogP contribution >= 0.6 is 23.2 Å². The number of Topliss-reactive ketones (excluding diaryl/α,β-unsaturated/α-hetero) is 1. The highest BCUT2D eigenvalue weighted by atomic mass is 35.5. The van der Waals surface area contributed by atoms with Crippen molar-refractivity contribution in [1.82, 2.24) is 34.6 Å². The molecule has 4 aliphatic heterocycles. The fraction of sp³-hybridized carbons (Fsp3) is 0.531. The fourth-order valence-electron chi connectivity index (χ4n) is 9.18. The van der Waals surface area contributed by atoms with Crippen molar-refractivity contribution in [2.24, 2.45) is 11.7 Å². The smallest absolute Gasteiger partial charge is 0.487 e. The summed E-state index contributed by atoms with van der Waals surface area (Å²) in [6.45, 7) is 13.2. The Bertz CT molecular complexity index is 2680. The normalized spacial score (nSPS) is 18.7. The maximum Gasteiger partial charge on any atom is 0.490 e. The van der Waals surface area contributed by atoms with Gasteiger partial charge in [-0.3, -0.25) is 14.4 Å². The number of nitrogens with two attached hydrogens (primary N) is 1. The Balaban J connectivity index is 0.000000249. The summed E-state index contributed by atoms with van der Waals surface area (Å²) in [4.78, 5) is 59.8. The number of carbonyl (C=O) groups is 4. The number of nitrogens with one attached hydrogen (secondary N) is 2. The van der Waals surface area contributed by atoms with Crippen LogP contribution in [-0.2, 0) is 35.8 Å². The number of fused-ring (bicyclic) bond motifs is 1. The van der Waals surface area contributed by atoms with Crippen molar-refractivity contribution in [2.75, 3.05) is 72.0 Å². The number of amides is 1. The molecule has 22 heteroatoms. The number of para-hydroxylation sites is 1. The quantitative estimate of drug-likeness (QED) is 0.0685. The summed E-state index contributed by atoms with van der Waals surface area (Å²) in [6, 6.07) is 10.6. The van der Waals surface area contributed by atoms with Crippen molar-refractivity contribution in [1.29, 1.82) is 0 Å². The average Bonchev–Trinajstić information content (AvgIpc) is 4.19. The number of rotatable bonds is 17. The molecule has 1 amide bonds. The third kappa shape index (κ3) is 13.4. The van der Waals surface area contributed by atoms with Crippen LogP contribution in [0, 0.1) is 19.8 Å². The molecule has 386 valence electrons. The zero-order valence-corrected chi connectivity index (χ0v) is 42.2. The number of carboxylic acid groups (broad SMARTS) is 1. The van der Waals surface area contributed by atoms with Gasteiger partial charge in [-0.25, -0.2) is 18.2 Å². The van der Waals surface area contributed by atoms with Gasteiger partial charge in [0.05, 0.1) is 10.7 Å². The van der Waals surface area contributed by atoms with Gasteiger partial charge in [0.2, 0.25) is 27.5 Å². The summed E-state index contributed by atoms with van der Waals surface area (Å²) in [5.74, 6) is -1.81. The van der Waals surface area contributed by atoms with Gasteiger partial charge in [0.25, 0.3) is 0 Å². The van der Waals surface area contributed by atoms with Crippen LogP contribution in [0.2, 0.25) is 10.0 Å². The van der Waals surface area contributed by atoms with Crippen LogP contribution in [0.4, 0.5) is 13.2 Å². The molecule has 0 unspecified atom stereocenters. The zero-order chi connectivity index (χ0) is 51.3. The first kappa shape index (κ1) is 53.8. The molecule has 4 saturated heterocycles. The number of carboxylic acids is 1. The number of aliphatic carboxylic acids is 1. The molecule has 5 heterocycles. The van der Waals surface area contributed by atoms with Crippen LogP contribution in [0.15, 0.2) is 64.5 Å². The molecule has 0 atom stereocenters. The average molecular weight is 1050 g/mol. The summed E-state index contributed by atoms with van der Waals surface area (Å²) < 4.78 is 68.7. The lowest BCUT2D eigenvalue weighted by molar-refractivity contribution is -0.192. The second-order valence-electron chi connectivity index (χ2n) is 18.7. The molecule has 0 bridgehead atoms. The Morgan fingerprint density at radius 3 is 2.15 bits per heavy atom. The number of allylic oxidation sites excluding steroid dienone is 1. The first-order valence-electron chi connectivity index (χ1n) is 24.1. The summed E-state index contributed by atoms with van der Waals surface area (Å²) in [5.41, 5.74) is 9.27. The zero-order valence-electron chi connectivity index (χ0n) is 39.9. The highest BCUT2D eigenvalue weighted by Gasteiger charge is 2.48. The van der Waals surface area contributed by atoms with Gasteiger partial charge in [0.1, 0.15) is 39.7 Å². The lowest BCUT2D eigenvalue weighted by atomic mass is 9.92. The summed E-state index contributed by atoms with van der Waals surface area (Å²) >= 11 is 13.3. The second kappa shape index (κ2) is 22.8. The van der Waals surface area contributed by atoms with E-state index in [1.54, 1.807) is 0 Å². The SMILES string of the molecule is Cc1cc(C)c2cccc(OCc3c(Cl)ccc(S(=O)(=O)NC4(C(=O)N5CCC(CNCCCCCN)CC5)CCCC4)c3Cl)c2n1.O=C(O)C(F)(F)F.O=C1C=C(N2CC2)C(=O)C(N2CC2)=C1N1CC1. The Labute approximate surface area is 421 Å². The molecule has 6 aliphatic rings. The number of nitrogens with zero attached hydrogens (tertiary/aromatic N) is 5. The largest absolute Gasteiger partial charge is 0.490 e. The number of ether oxygens (including phenoxy) is 1. The minimum atomic E-state index is -5.08. The Kier molecular flexibility index (Phi) is 17.3. The predicted octanol–water partition coefficient (Wildman–Crippen LogP) is 6.10. The van der Waals surface area contributed by atoms with Gasteiger partial charge in [0, 0.05) is 80.1 Å². The van der Waals surface area contributed by atoms with Crippen LogP contribution in [0.1, 0.15) is 74.6 Å². The summed E-state index contributed by atoms with van der Waals surface area (Å²) in [7, 11) is -4.19. The van der Waals surface area contributed by atoms with E-state index >= 15 is 0 Å². The molecule has 1 saturated carbocycles. The molecule has 1 aromatic heterocycles. The number of sulfonamides is 1. The molecule has 3 aromatic rings. The fourth-order valence-corrected chi connectivity index (χ4v) is 11.5. The molecule has 2 aromatic carbocycles. The third-order valence-electron chi connectivity index (χ3n) is 13.3. The molecular weight excluding hydrogens is 989 g/mol. The van der Waals surface area contributed by atoms with E-state index in [2.05, 4.69) is 15.0 Å². The maximum atomic E-state index is 14.0. The molecule has 9 rings (SSSR count). The van der Waals surface area contributed by atoms with E-state index in [1.165, 1.54) is 18.2 Å². The van der Waals surface area contributed by atoms with E-state index in [-0.39, 0.29) is 39.0 Å². The Morgan fingerprint density at radius 2 is 1.55 bits per heavy atom. The van der Waals surface area contributed by atoms with Crippen LogP contribution in [0.3, 0.4) is 0 Å². The molecule has 5 fully saturated rings. The summed E-state index contributed by atoms with van der Waals surface area (Å²) in [6.07, 6.45) is 3.95. The van der Waals surface area contributed by atoms with Gasteiger partial charge in [-0.15, -0.1) is 0 Å². The van der Waals surface area contributed by atoms with Crippen LogP contribution < -0.4 is 20.5 Å². The number of hydrogen-bond acceptors (Lipinski definition) is 13. The van der Waals surface area contributed by atoms with Crippen molar-refractivity contribution >= 4 is 67.6 Å². The molecule has 5 N–H and O–H groups in total. The minimum absolute atomic E-state index is 0.00546. The highest BCUT2D eigenvalue weighted by molar-refractivity contribution is 7.89. The number of ketones is 2. The number of hydrogen-bond donors (Lipinski definition) is 4. The van der Waals surface area contributed by atoms with E-state index < -0.39 is 27.7 Å². The van der Waals surface area contributed by atoms with Crippen molar-refractivity contribution in [3.8, 4) is 5.75 Å². The number of benzene rings is 2. The third-order valence-corrected chi connectivity index (χ3v) is 15.7. The van der Waals surface area contributed by atoms with E-state index in [0.29, 0.717) is 65.8 Å². The monoisotopic (exact) mass is 1050 g/mol. The number of unbranched alkanes of at least 4 members (excludes halogenated alkanes) is 2. The molecule has 2 aliphatic carbocycles. The van der Waals surface area contributed by atoms with E-state index in [9.17, 15) is 36.0 Å². The second-order valence-corrected chi connectivity index (χ2v) is 21.2. The number of likely N-dealkylation sites (tertiary alicyclic amines) is 1. The van der Waals surface area contributed by atoms with Crippen LogP contribution in [0.25, 0.3) is 10.9 Å². The number of halogens is 5. The van der Waals surface area contributed by atoms with Crippen molar-refractivity contribution in [3.05, 3.63) is 86.4 Å². The van der Waals surface area contributed by atoms with Crippen molar-refractivity contribution < 1.29 is 50.6 Å². The van der Waals surface area contributed by atoms with Gasteiger partial charge in [0.15, 0.2) is 0 Å². The lowest BCUT2D eigenvalue weighted by Gasteiger charge is -2.38. The van der Waals surface area contributed by atoms with Crippen molar-refractivity contribution in [3.63, 3.8) is 0 Å². The van der Waals surface area contributed by atoms with E-state index in [1.807, 2.05) is 57.7 Å². The standard InChI is InChI=1S/C35H47Cl2N5O4S.C12H13N3O2.C2HF3O2/c1-24-21-25(2)40-33-27(24)9-8-10-30(33)46-23-28-29(36)11-12-31(32(28)37)47(44,45)41-35(15-4-5-16-35)34(43)42-19-13-26(14-20-42)22-39-18-7-3-6-17-38;16-9-7-8(13-1-2-13)12(17)11(15-5-6-15)10(9)14-3-4-14;3-2(4,5)1(6)7/h8-12,21,26,39,41H,3-7,13-20,22-23,38H2,1-2H3;7H,1-6H2;(H,6,7). The Morgan fingerprint density at radius 1 is 0.915 bits per heavy atom. The summed E-state index contributed by atoms with van der Waals surface area (Å²) in [5, 5.41) is 11.9. The molecular formula is C49H61Cl2F3N8O8S. The number of alkyl halides is 3. The number of aryl methyl sites for hydroxylation is 2. The van der Waals surface area contributed by atoms with Crippen LogP contribution in [-0.4, -0.2) is 145 Å². The predicted molar refractivity (Wildman–Crippen MR) is 262 cm³/mol. The Hall–Kier alpha value is -4.99. The van der Waals surface area contributed by atoms with Gasteiger partial charge < -0.3 is 40.5 Å². The van der Waals surface area contributed by atoms with Crippen LogP contribution in [0.5, 0.6) is 5.75 Å². The molecule has 16 nitrogen and oxygen atoms in total. The van der Waals surface area contributed by atoms with Gasteiger partial charge in [-0.1, -0.05) is 54.6 Å². The molecule has 0 spiro atoms. The lowest BCUT2D eigenvalue weighted by Crippen LogP contribution is -2.59. The van der Waals surface area contributed by atoms with E-state index in [0.717, 1.165) is 120 Å². The van der Waals surface area contributed by atoms with Gasteiger partial charge in [-0.2, -0.15) is 17.9 Å². The highest BCUT2D eigenvalue weighted by Crippen LogP contribution is 2.39. The first-order chi connectivity index (χ1) is 33.7.